The van der Waals surface area contributed by atoms with Crippen molar-refractivity contribution in [1.82, 2.24) is 15.3 Å². The molecule has 2 N–H and O–H groups in total. The van der Waals surface area contributed by atoms with Crippen LogP contribution in [0.3, 0.4) is 0 Å². The van der Waals surface area contributed by atoms with Crippen LogP contribution < -0.4 is 20.4 Å². The number of rotatable bonds is 6. The van der Waals surface area contributed by atoms with E-state index in [1.165, 1.54) is 12.8 Å². The van der Waals surface area contributed by atoms with Crippen LogP contribution in [0.25, 0.3) is 0 Å². The standard InChI is InChI=1S/C24H32N6O2/c1-5-15-11-16(23(31)25-3)13-27-22(15)28-21-12-19-20(14-26-21)29(4)24(32)18(6-2)30(19)17-9-7-8-10-17/h11-14,17-18H,5-10H2,1-4H3,(H,25,31)(H,26,27,28)/t18-/m1/s1. The lowest BCUT2D eigenvalue weighted by Crippen LogP contribution is -2.55. The maximum absolute atomic E-state index is 13.1. The van der Waals surface area contributed by atoms with Gasteiger partial charge in [-0.05, 0) is 37.3 Å². The minimum atomic E-state index is -0.156. The molecule has 1 saturated carbocycles. The van der Waals surface area contributed by atoms with Crippen LogP contribution in [0.5, 0.6) is 0 Å². The summed E-state index contributed by atoms with van der Waals surface area (Å²) >= 11 is 0. The second kappa shape index (κ2) is 9.14. The highest BCUT2D eigenvalue weighted by Crippen LogP contribution is 2.41. The van der Waals surface area contributed by atoms with Gasteiger partial charge in [-0.2, -0.15) is 0 Å². The average Bonchev–Trinajstić information content (AvgIpc) is 3.35. The number of nitrogens with zero attached hydrogens (tertiary/aromatic N) is 4. The number of carbonyl (C=O) groups excluding carboxylic acids is 2. The number of aromatic nitrogens is 2. The molecule has 2 aromatic heterocycles. The predicted molar refractivity (Wildman–Crippen MR) is 127 cm³/mol. The summed E-state index contributed by atoms with van der Waals surface area (Å²) in [4.78, 5) is 38.2. The van der Waals surface area contributed by atoms with Gasteiger partial charge in [-0.3, -0.25) is 9.59 Å². The molecule has 8 heteroatoms. The third-order valence-corrected chi connectivity index (χ3v) is 6.64. The number of nitrogens with one attached hydrogen (secondary N) is 2. The molecule has 1 fully saturated rings. The van der Waals surface area contributed by atoms with Crippen molar-refractivity contribution in [2.75, 3.05) is 29.2 Å². The van der Waals surface area contributed by atoms with Gasteiger partial charge in [-0.1, -0.05) is 26.7 Å². The Balaban J connectivity index is 1.70. The molecule has 0 radical (unpaired) electrons. The topological polar surface area (TPSA) is 90.5 Å². The quantitative estimate of drug-likeness (QED) is 0.718. The summed E-state index contributed by atoms with van der Waals surface area (Å²) in [7, 11) is 3.44. The Morgan fingerprint density at radius 3 is 2.53 bits per heavy atom. The normalized spacial score (nSPS) is 18.6. The zero-order valence-corrected chi connectivity index (χ0v) is 19.3. The Labute approximate surface area is 189 Å². The molecule has 2 aliphatic rings. The van der Waals surface area contributed by atoms with Crippen molar-refractivity contribution in [2.45, 2.75) is 64.5 Å². The van der Waals surface area contributed by atoms with E-state index in [2.05, 4.69) is 32.4 Å². The number of likely N-dealkylation sites (N-methyl/N-ethyl adjacent to an activating group) is 1. The number of hydrogen-bond acceptors (Lipinski definition) is 6. The van der Waals surface area contributed by atoms with Crippen molar-refractivity contribution in [1.29, 1.82) is 0 Å². The number of amides is 2. The highest BCUT2D eigenvalue weighted by molar-refractivity contribution is 6.05. The highest BCUT2D eigenvalue weighted by Gasteiger charge is 2.40. The van der Waals surface area contributed by atoms with Crippen LogP contribution >= 0.6 is 0 Å². The Morgan fingerprint density at radius 2 is 1.88 bits per heavy atom. The zero-order chi connectivity index (χ0) is 22.8. The van der Waals surface area contributed by atoms with Gasteiger partial charge in [0.1, 0.15) is 17.7 Å². The summed E-state index contributed by atoms with van der Waals surface area (Å²) in [5, 5.41) is 5.98. The maximum Gasteiger partial charge on any atom is 0.252 e. The second-order valence-electron chi connectivity index (χ2n) is 8.51. The molecule has 4 rings (SSSR count). The van der Waals surface area contributed by atoms with Crippen LogP contribution in [0.1, 0.15) is 61.9 Å². The number of anilines is 4. The lowest BCUT2D eigenvalue weighted by atomic mass is 10.0. The van der Waals surface area contributed by atoms with Crippen LogP contribution in [-0.2, 0) is 11.2 Å². The molecule has 32 heavy (non-hydrogen) atoms. The molecule has 1 aliphatic carbocycles. The lowest BCUT2D eigenvalue weighted by Gasteiger charge is -2.44. The summed E-state index contributed by atoms with van der Waals surface area (Å²) in [5.41, 5.74) is 3.36. The molecule has 2 aromatic rings. The van der Waals surface area contributed by atoms with Crippen molar-refractivity contribution >= 4 is 34.8 Å². The minimum Gasteiger partial charge on any atom is -0.355 e. The van der Waals surface area contributed by atoms with Gasteiger partial charge in [0.05, 0.1) is 23.1 Å². The molecule has 1 aliphatic heterocycles. The van der Waals surface area contributed by atoms with Crippen LogP contribution in [-0.4, -0.2) is 48.0 Å². The Kier molecular flexibility index (Phi) is 6.30. The molecule has 0 spiro atoms. The molecule has 0 bridgehead atoms. The first-order valence-corrected chi connectivity index (χ1v) is 11.5. The summed E-state index contributed by atoms with van der Waals surface area (Å²) < 4.78 is 0. The van der Waals surface area contributed by atoms with E-state index in [0.717, 1.165) is 42.6 Å². The average molecular weight is 437 g/mol. The van der Waals surface area contributed by atoms with Gasteiger partial charge >= 0.3 is 0 Å². The van der Waals surface area contributed by atoms with Crippen LogP contribution in [0.4, 0.5) is 23.0 Å². The zero-order valence-electron chi connectivity index (χ0n) is 19.3. The fourth-order valence-electron chi connectivity index (χ4n) is 4.89. The van der Waals surface area contributed by atoms with Gasteiger partial charge in [-0.25, -0.2) is 9.97 Å². The molecular formula is C24H32N6O2. The molecule has 3 heterocycles. The number of carbonyl (C=O) groups is 2. The lowest BCUT2D eigenvalue weighted by molar-refractivity contribution is -0.120. The number of aryl methyl sites for hydroxylation is 1. The molecular weight excluding hydrogens is 404 g/mol. The third-order valence-electron chi connectivity index (χ3n) is 6.64. The summed E-state index contributed by atoms with van der Waals surface area (Å²) in [6.45, 7) is 4.11. The summed E-state index contributed by atoms with van der Waals surface area (Å²) in [5.74, 6) is 1.34. The highest BCUT2D eigenvalue weighted by atomic mass is 16.2. The van der Waals surface area contributed by atoms with E-state index in [9.17, 15) is 9.59 Å². The van der Waals surface area contributed by atoms with Gasteiger partial charge in [0.25, 0.3) is 5.91 Å². The monoisotopic (exact) mass is 436 g/mol. The first kappa shape index (κ1) is 22.0. The second-order valence-corrected chi connectivity index (χ2v) is 8.51. The summed E-state index contributed by atoms with van der Waals surface area (Å²) in [6, 6.07) is 4.12. The van der Waals surface area contributed by atoms with E-state index < -0.39 is 0 Å². The van der Waals surface area contributed by atoms with Gasteiger partial charge in [0, 0.05) is 32.4 Å². The van der Waals surface area contributed by atoms with E-state index in [-0.39, 0.29) is 17.9 Å². The Morgan fingerprint density at radius 1 is 1.12 bits per heavy atom. The first-order chi connectivity index (χ1) is 15.5. The van der Waals surface area contributed by atoms with E-state index in [1.54, 1.807) is 24.3 Å². The number of fused-ring (bicyclic) bond motifs is 1. The first-order valence-electron chi connectivity index (χ1n) is 11.5. The van der Waals surface area contributed by atoms with Crippen LogP contribution in [0.2, 0.25) is 0 Å². The molecule has 0 saturated heterocycles. The van der Waals surface area contributed by atoms with Crippen molar-refractivity contribution in [3.63, 3.8) is 0 Å². The fraction of sp³-hybridized carbons (Fsp3) is 0.500. The minimum absolute atomic E-state index is 0.133. The van der Waals surface area contributed by atoms with E-state index in [1.807, 2.05) is 26.1 Å². The smallest absolute Gasteiger partial charge is 0.252 e. The van der Waals surface area contributed by atoms with Crippen molar-refractivity contribution in [2.24, 2.45) is 0 Å². The molecule has 1 atom stereocenters. The predicted octanol–water partition coefficient (Wildman–Crippen LogP) is 3.65. The van der Waals surface area contributed by atoms with E-state index in [0.29, 0.717) is 23.2 Å². The summed E-state index contributed by atoms with van der Waals surface area (Å²) in [6.07, 6.45) is 9.47. The van der Waals surface area contributed by atoms with Gasteiger partial charge in [-0.15, -0.1) is 0 Å². The number of pyridine rings is 2. The largest absolute Gasteiger partial charge is 0.355 e. The third kappa shape index (κ3) is 3.89. The molecule has 8 nitrogen and oxygen atoms in total. The van der Waals surface area contributed by atoms with Gasteiger partial charge < -0.3 is 20.4 Å². The van der Waals surface area contributed by atoms with E-state index in [4.69, 9.17) is 0 Å². The Bertz CT molecular complexity index is 1020. The van der Waals surface area contributed by atoms with Crippen LogP contribution in [0, 0.1) is 0 Å². The Hall–Kier alpha value is -3.16. The number of hydrogen-bond donors (Lipinski definition) is 2. The fourth-order valence-corrected chi connectivity index (χ4v) is 4.89. The van der Waals surface area contributed by atoms with Crippen molar-refractivity contribution in [3.8, 4) is 0 Å². The SMILES string of the molecule is CCc1cc(C(=O)NC)cnc1Nc1cc2c(cn1)N(C)C(=O)[C@@H](CC)N2C1CCCC1. The van der Waals surface area contributed by atoms with E-state index >= 15 is 0 Å². The molecule has 170 valence electrons. The van der Waals surface area contributed by atoms with Crippen molar-refractivity contribution in [3.05, 3.63) is 35.7 Å². The molecule has 0 aromatic carbocycles. The maximum atomic E-state index is 13.1. The van der Waals surface area contributed by atoms with Gasteiger partial charge in [0.15, 0.2) is 0 Å². The molecule has 0 unspecified atom stereocenters. The van der Waals surface area contributed by atoms with Crippen LogP contribution in [0.15, 0.2) is 24.5 Å². The van der Waals surface area contributed by atoms with Gasteiger partial charge in [0.2, 0.25) is 5.91 Å². The van der Waals surface area contributed by atoms with Crippen molar-refractivity contribution < 1.29 is 9.59 Å². The molecule has 2 amide bonds.